The van der Waals surface area contributed by atoms with Gasteiger partial charge in [-0.3, -0.25) is 4.98 Å². The normalized spacial score (nSPS) is 31.0. The van der Waals surface area contributed by atoms with Crippen LogP contribution in [0.25, 0.3) is 5.70 Å². The second-order valence-corrected chi connectivity index (χ2v) is 7.13. The highest BCUT2D eigenvalue weighted by Crippen LogP contribution is 2.42. The van der Waals surface area contributed by atoms with E-state index in [1.54, 1.807) is 6.20 Å². The zero-order valence-corrected chi connectivity index (χ0v) is 14.8. The predicted molar refractivity (Wildman–Crippen MR) is 96.8 cm³/mol. The summed E-state index contributed by atoms with van der Waals surface area (Å²) >= 11 is 0. The van der Waals surface area contributed by atoms with Gasteiger partial charge in [0.15, 0.2) is 0 Å². The van der Waals surface area contributed by atoms with Gasteiger partial charge in [0.1, 0.15) is 5.66 Å². The Morgan fingerprint density at radius 3 is 2.88 bits per heavy atom. The molecular weight excluding hydrogens is 300 g/mol. The van der Waals surface area contributed by atoms with Crippen LogP contribution in [0.4, 0.5) is 0 Å². The van der Waals surface area contributed by atoms with Crippen molar-refractivity contribution in [2.75, 3.05) is 13.2 Å². The molecule has 2 aliphatic rings. The first-order valence-electron chi connectivity index (χ1n) is 8.74. The monoisotopic (exact) mass is 328 g/mol. The lowest BCUT2D eigenvalue weighted by atomic mass is 9.73. The van der Waals surface area contributed by atoms with Crippen LogP contribution in [0.2, 0.25) is 0 Å². The standard InChI is InChI=1S/C19H28N4O/c1-4-14(2)22-17-9-8-16(15-7-5-6-11-21-15)23-19(17,20)18(3)10-12-24-13-18/h5-9,11,14,22-23H,4,10,12-13,20H2,1-3H3. The summed E-state index contributed by atoms with van der Waals surface area (Å²) in [6.07, 6.45) is 7.91. The van der Waals surface area contributed by atoms with Crippen LogP contribution in [0.15, 0.2) is 42.2 Å². The Bertz CT molecular complexity index is 634. The van der Waals surface area contributed by atoms with Gasteiger partial charge in [-0.1, -0.05) is 19.9 Å². The summed E-state index contributed by atoms with van der Waals surface area (Å²) in [4.78, 5) is 4.45. The van der Waals surface area contributed by atoms with Crippen LogP contribution in [0.3, 0.4) is 0 Å². The molecule has 5 heteroatoms. The molecule has 0 bridgehead atoms. The number of hydrogen-bond acceptors (Lipinski definition) is 5. The Hall–Kier alpha value is -1.85. The lowest BCUT2D eigenvalue weighted by molar-refractivity contribution is 0.101. The van der Waals surface area contributed by atoms with E-state index in [1.165, 1.54) is 0 Å². The third kappa shape index (κ3) is 2.94. The molecule has 1 saturated heterocycles. The summed E-state index contributed by atoms with van der Waals surface area (Å²) in [7, 11) is 0. The fraction of sp³-hybridized carbons (Fsp3) is 0.526. The van der Waals surface area contributed by atoms with E-state index < -0.39 is 5.66 Å². The maximum absolute atomic E-state index is 6.98. The molecule has 130 valence electrons. The zero-order valence-electron chi connectivity index (χ0n) is 14.8. The largest absolute Gasteiger partial charge is 0.383 e. The summed E-state index contributed by atoms with van der Waals surface area (Å²) in [6.45, 7) is 7.93. The van der Waals surface area contributed by atoms with Crippen molar-refractivity contribution >= 4 is 5.70 Å². The number of aromatic nitrogens is 1. The number of ether oxygens (including phenoxy) is 1. The Balaban J connectivity index is 1.98. The van der Waals surface area contributed by atoms with E-state index in [9.17, 15) is 0 Å². The van der Waals surface area contributed by atoms with Crippen molar-refractivity contribution in [2.24, 2.45) is 11.1 Å². The second-order valence-electron chi connectivity index (χ2n) is 7.13. The molecule has 3 rings (SSSR count). The van der Waals surface area contributed by atoms with Crippen LogP contribution in [0.5, 0.6) is 0 Å². The van der Waals surface area contributed by atoms with Crippen molar-refractivity contribution < 1.29 is 4.74 Å². The smallest absolute Gasteiger partial charge is 0.135 e. The highest BCUT2D eigenvalue weighted by Gasteiger charge is 2.52. The lowest BCUT2D eigenvalue weighted by Gasteiger charge is -2.48. The van der Waals surface area contributed by atoms with Crippen molar-refractivity contribution in [3.63, 3.8) is 0 Å². The summed E-state index contributed by atoms with van der Waals surface area (Å²) in [6, 6.07) is 6.26. The molecule has 1 aromatic heterocycles. The van der Waals surface area contributed by atoms with Crippen LogP contribution in [-0.4, -0.2) is 29.9 Å². The minimum Gasteiger partial charge on any atom is -0.383 e. The maximum Gasteiger partial charge on any atom is 0.135 e. The van der Waals surface area contributed by atoms with E-state index in [4.69, 9.17) is 10.5 Å². The molecule has 0 aromatic carbocycles. The number of hydrogen-bond donors (Lipinski definition) is 3. The first-order chi connectivity index (χ1) is 11.5. The van der Waals surface area contributed by atoms with Crippen LogP contribution in [-0.2, 0) is 4.74 Å². The highest BCUT2D eigenvalue weighted by atomic mass is 16.5. The molecule has 5 nitrogen and oxygen atoms in total. The van der Waals surface area contributed by atoms with Gasteiger partial charge >= 0.3 is 0 Å². The van der Waals surface area contributed by atoms with Crippen molar-refractivity contribution in [1.29, 1.82) is 0 Å². The van der Waals surface area contributed by atoms with Gasteiger partial charge < -0.3 is 21.1 Å². The fourth-order valence-corrected chi connectivity index (χ4v) is 3.27. The third-order valence-corrected chi connectivity index (χ3v) is 5.30. The quantitative estimate of drug-likeness (QED) is 0.774. The molecule has 1 aromatic rings. The maximum atomic E-state index is 6.98. The van der Waals surface area contributed by atoms with Gasteiger partial charge in [-0.2, -0.15) is 0 Å². The van der Waals surface area contributed by atoms with Crippen LogP contribution < -0.4 is 16.4 Å². The molecule has 0 saturated carbocycles. The van der Waals surface area contributed by atoms with Gasteiger partial charge in [0.05, 0.1) is 23.7 Å². The van der Waals surface area contributed by atoms with E-state index in [1.807, 2.05) is 18.2 Å². The van der Waals surface area contributed by atoms with Crippen LogP contribution in [0.1, 0.15) is 39.3 Å². The van der Waals surface area contributed by atoms with Gasteiger partial charge in [-0.25, -0.2) is 0 Å². The van der Waals surface area contributed by atoms with E-state index in [0.717, 1.165) is 36.5 Å². The molecule has 24 heavy (non-hydrogen) atoms. The summed E-state index contributed by atoms with van der Waals surface area (Å²) in [5.41, 5.74) is 8.94. The Labute approximate surface area is 144 Å². The first-order valence-corrected chi connectivity index (χ1v) is 8.74. The number of pyridine rings is 1. The van der Waals surface area contributed by atoms with Crippen molar-refractivity contribution in [3.05, 3.63) is 47.9 Å². The average molecular weight is 328 g/mol. The van der Waals surface area contributed by atoms with Gasteiger partial charge in [-0.15, -0.1) is 0 Å². The molecule has 1 fully saturated rings. The van der Waals surface area contributed by atoms with Crippen molar-refractivity contribution in [3.8, 4) is 0 Å². The number of nitrogens with zero attached hydrogens (tertiary/aromatic N) is 1. The SMILES string of the molecule is CCC(C)NC1=CC=C(c2ccccn2)NC1(N)C1(C)CCOC1. The molecular formula is C19H28N4O. The minimum absolute atomic E-state index is 0.187. The second kappa shape index (κ2) is 6.57. The number of dihydropyridines is 1. The number of nitrogens with two attached hydrogens (primary N) is 1. The lowest BCUT2D eigenvalue weighted by Crippen LogP contribution is -2.68. The molecule has 0 radical (unpaired) electrons. The molecule has 4 N–H and O–H groups in total. The minimum atomic E-state index is -0.714. The predicted octanol–water partition coefficient (Wildman–Crippen LogP) is 2.38. The molecule has 3 atom stereocenters. The first kappa shape index (κ1) is 17.0. The van der Waals surface area contributed by atoms with E-state index in [-0.39, 0.29) is 5.41 Å². The van der Waals surface area contributed by atoms with E-state index in [2.05, 4.69) is 48.5 Å². The van der Waals surface area contributed by atoms with Crippen LogP contribution >= 0.6 is 0 Å². The summed E-state index contributed by atoms with van der Waals surface area (Å²) in [5.74, 6) is 0. The topological polar surface area (TPSA) is 72.2 Å². The van der Waals surface area contributed by atoms with E-state index in [0.29, 0.717) is 12.6 Å². The third-order valence-electron chi connectivity index (χ3n) is 5.30. The Kier molecular flexibility index (Phi) is 4.65. The average Bonchev–Trinajstić information content (AvgIpc) is 3.06. The zero-order chi connectivity index (χ0) is 17.2. The van der Waals surface area contributed by atoms with Gasteiger partial charge in [0, 0.05) is 24.3 Å². The number of nitrogens with one attached hydrogen (secondary N) is 2. The number of rotatable bonds is 5. The Morgan fingerprint density at radius 1 is 1.42 bits per heavy atom. The number of allylic oxidation sites excluding steroid dienone is 2. The molecule has 0 spiro atoms. The fourth-order valence-electron chi connectivity index (χ4n) is 3.27. The molecule has 3 unspecified atom stereocenters. The van der Waals surface area contributed by atoms with Crippen LogP contribution in [0, 0.1) is 5.41 Å². The van der Waals surface area contributed by atoms with Gasteiger partial charge in [-0.05, 0) is 44.1 Å². The summed E-state index contributed by atoms with van der Waals surface area (Å²) < 4.78 is 5.69. The molecule has 3 heterocycles. The molecule has 0 amide bonds. The molecule has 2 aliphatic heterocycles. The van der Waals surface area contributed by atoms with Crippen molar-refractivity contribution in [1.82, 2.24) is 15.6 Å². The summed E-state index contributed by atoms with van der Waals surface area (Å²) in [5, 5.41) is 7.16. The van der Waals surface area contributed by atoms with Gasteiger partial charge in [0.25, 0.3) is 0 Å². The van der Waals surface area contributed by atoms with E-state index >= 15 is 0 Å². The highest BCUT2D eigenvalue weighted by molar-refractivity contribution is 5.66. The van der Waals surface area contributed by atoms with Gasteiger partial charge in [0.2, 0.25) is 0 Å². The Morgan fingerprint density at radius 2 is 2.25 bits per heavy atom. The molecule has 0 aliphatic carbocycles. The van der Waals surface area contributed by atoms with Crippen molar-refractivity contribution in [2.45, 2.75) is 45.3 Å².